The number of amides is 1. The normalized spacial score (nSPS) is 11.3. The van der Waals surface area contributed by atoms with E-state index in [9.17, 15) is 9.59 Å². The maximum atomic E-state index is 12.2. The highest BCUT2D eigenvalue weighted by atomic mass is 16.6. The van der Waals surface area contributed by atoms with Crippen LogP contribution < -0.4 is 4.90 Å². The zero-order valence-electron chi connectivity index (χ0n) is 14.3. The van der Waals surface area contributed by atoms with Crippen LogP contribution in [0, 0.1) is 0 Å². The maximum Gasteiger partial charge on any atom is 0.414 e. The molecule has 0 aliphatic heterocycles. The Balaban J connectivity index is 3.27. The summed E-state index contributed by atoms with van der Waals surface area (Å²) < 4.78 is 9.90. The molecule has 0 fully saturated rings. The highest BCUT2D eigenvalue weighted by molar-refractivity contribution is 5.96. The third-order valence-electron chi connectivity index (χ3n) is 2.80. The Hall–Kier alpha value is -2.99. The van der Waals surface area contributed by atoms with Gasteiger partial charge in [0.1, 0.15) is 11.3 Å². The van der Waals surface area contributed by atoms with Gasteiger partial charge in [-0.3, -0.25) is 4.90 Å². The monoisotopic (exact) mass is 332 g/mol. The minimum absolute atomic E-state index is 0.218. The number of carbonyl (C=O) groups excluding carboxylic acids is 2. The Labute approximate surface area is 140 Å². The number of benzene rings is 1. The van der Waals surface area contributed by atoms with Crippen LogP contribution in [0.4, 0.5) is 10.5 Å². The summed E-state index contributed by atoms with van der Waals surface area (Å²) in [5, 5.41) is 3.33. The van der Waals surface area contributed by atoms with Gasteiger partial charge < -0.3 is 9.47 Å². The van der Waals surface area contributed by atoms with Crippen molar-refractivity contribution in [3.63, 3.8) is 0 Å². The van der Waals surface area contributed by atoms with Crippen LogP contribution in [-0.2, 0) is 14.3 Å². The number of esters is 1. The van der Waals surface area contributed by atoms with Gasteiger partial charge in [0, 0.05) is 12.0 Å². The summed E-state index contributed by atoms with van der Waals surface area (Å²) >= 11 is 0. The van der Waals surface area contributed by atoms with Gasteiger partial charge in [0.25, 0.3) is 0 Å². The second kappa shape index (κ2) is 8.03. The van der Waals surface area contributed by atoms with Crippen LogP contribution in [0.1, 0.15) is 26.3 Å². The summed E-state index contributed by atoms with van der Waals surface area (Å²) in [6, 6.07) is 6.81. The Bertz CT molecular complexity index is 700. The van der Waals surface area contributed by atoms with Crippen molar-refractivity contribution in [2.24, 2.45) is 5.11 Å². The molecule has 0 aliphatic rings. The average molecular weight is 332 g/mol. The number of hydrogen-bond acceptors (Lipinski definition) is 5. The van der Waals surface area contributed by atoms with Crippen LogP contribution in [0.5, 0.6) is 0 Å². The van der Waals surface area contributed by atoms with Gasteiger partial charge in [-0.15, -0.1) is 0 Å². The van der Waals surface area contributed by atoms with Gasteiger partial charge >= 0.3 is 12.1 Å². The van der Waals surface area contributed by atoms with E-state index in [4.69, 9.17) is 10.3 Å². The lowest BCUT2D eigenvalue weighted by molar-refractivity contribution is -0.136. The molecule has 1 aromatic carbocycles. The molecule has 0 spiro atoms. The van der Waals surface area contributed by atoms with E-state index in [1.807, 2.05) is 0 Å². The summed E-state index contributed by atoms with van der Waals surface area (Å²) in [6.07, 6.45) is 0.800. The number of methoxy groups -OCH3 is 1. The molecule has 0 atom stereocenters. The van der Waals surface area contributed by atoms with Crippen molar-refractivity contribution in [3.8, 4) is 0 Å². The van der Waals surface area contributed by atoms with E-state index in [2.05, 4.69) is 14.8 Å². The summed E-state index contributed by atoms with van der Waals surface area (Å²) in [5.41, 5.74) is 8.71. The SMILES string of the molecule is COC(=O)/C(=C/c1ccccc1N(C)C(=O)OC(C)(C)C)N=[N+]=[N-]. The minimum atomic E-state index is -0.775. The highest BCUT2D eigenvalue weighted by Gasteiger charge is 2.22. The zero-order chi connectivity index (χ0) is 18.3. The topological polar surface area (TPSA) is 105 Å². The minimum Gasteiger partial charge on any atom is -0.466 e. The van der Waals surface area contributed by atoms with Gasteiger partial charge in [-0.25, -0.2) is 9.59 Å². The van der Waals surface area contributed by atoms with E-state index in [1.165, 1.54) is 18.1 Å². The first-order valence-electron chi connectivity index (χ1n) is 7.10. The van der Waals surface area contributed by atoms with Crippen molar-refractivity contribution in [2.75, 3.05) is 19.1 Å². The molecule has 1 amide bonds. The Morgan fingerprint density at radius 3 is 2.46 bits per heavy atom. The van der Waals surface area contributed by atoms with Crippen molar-refractivity contribution >= 4 is 23.8 Å². The van der Waals surface area contributed by atoms with Gasteiger partial charge in [0.2, 0.25) is 0 Å². The summed E-state index contributed by atoms with van der Waals surface area (Å²) in [6.45, 7) is 5.30. The van der Waals surface area contributed by atoms with E-state index in [-0.39, 0.29) is 5.70 Å². The molecule has 0 aliphatic carbocycles. The molecular formula is C16H20N4O4. The molecule has 0 heterocycles. The highest BCUT2D eigenvalue weighted by Crippen LogP contribution is 2.24. The molecule has 24 heavy (non-hydrogen) atoms. The first kappa shape index (κ1) is 19.1. The van der Waals surface area contributed by atoms with E-state index in [0.29, 0.717) is 11.3 Å². The first-order chi connectivity index (χ1) is 11.2. The predicted molar refractivity (Wildman–Crippen MR) is 90.2 cm³/mol. The van der Waals surface area contributed by atoms with Crippen LogP contribution in [0.25, 0.3) is 16.5 Å². The van der Waals surface area contributed by atoms with Crippen LogP contribution in [0.3, 0.4) is 0 Å². The van der Waals surface area contributed by atoms with Crippen molar-refractivity contribution in [1.82, 2.24) is 0 Å². The molecule has 128 valence electrons. The number of nitrogens with zero attached hydrogens (tertiary/aromatic N) is 4. The molecule has 1 rings (SSSR count). The van der Waals surface area contributed by atoms with Crippen LogP contribution in [0.2, 0.25) is 0 Å². The average Bonchev–Trinajstić information content (AvgIpc) is 2.52. The lowest BCUT2D eigenvalue weighted by Gasteiger charge is -2.25. The molecule has 0 unspecified atom stereocenters. The lowest BCUT2D eigenvalue weighted by Crippen LogP contribution is -2.34. The number of hydrogen-bond donors (Lipinski definition) is 0. The Morgan fingerprint density at radius 1 is 1.29 bits per heavy atom. The fraction of sp³-hybridized carbons (Fsp3) is 0.375. The van der Waals surface area contributed by atoms with Gasteiger partial charge in [-0.1, -0.05) is 23.3 Å². The molecule has 0 bridgehead atoms. The van der Waals surface area contributed by atoms with Crippen LogP contribution in [-0.4, -0.2) is 31.8 Å². The van der Waals surface area contributed by atoms with E-state index < -0.39 is 17.7 Å². The second-order valence-corrected chi connectivity index (χ2v) is 5.81. The second-order valence-electron chi connectivity index (χ2n) is 5.81. The third kappa shape index (κ3) is 5.33. The fourth-order valence-corrected chi connectivity index (χ4v) is 1.77. The number of anilines is 1. The van der Waals surface area contributed by atoms with E-state index >= 15 is 0 Å². The molecule has 0 N–H and O–H groups in total. The maximum absolute atomic E-state index is 12.2. The van der Waals surface area contributed by atoms with Crippen molar-refractivity contribution in [3.05, 3.63) is 46.0 Å². The fourth-order valence-electron chi connectivity index (χ4n) is 1.77. The van der Waals surface area contributed by atoms with Crippen molar-refractivity contribution in [1.29, 1.82) is 0 Å². The number of carbonyl (C=O) groups is 2. The summed E-state index contributed by atoms with van der Waals surface area (Å²) in [7, 11) is 2.73. The largest absolute Gasteiger partial charge is 0.466 e. The van der Waals surface area contributed by atoms with E-state index in [0.717, 1.165) is 0 Å². The summed E-state index contributed by atoms with van der Waals surface area (Å²) in [5.74, 6) is -0.775. The zero-order valence-corrected chi connectivity index (χ0v) is 14.3. The molecule has 8 nitrogen and oxygen atoms in total. The van der Waals surface area contributed by atoms with Crippen LogP contribution in [0.15, 0.2) is 35.1 Å². The van der Waals surface area contributed by atoms with Gasteiger partial charge in [-0.05, 0) is 44.0 Å². The number of azide groups is 1. The molecule has 0 aromatic heterocycles. The molecule has 8 heteroatoms. The van der Waals surface area contributed by atoms with Crippen LogP contribution >= 0.6 is 0 Å². The van der Waals surface area contributed by atoms with Crippen molar-refractivity contribution in [2.45, 2.75) is 26.4 Å². The molecule has 0 saturated carbocycles. The quantitative estimate of drug-likeness (QED) is 0.274. The van der Waals surface area contributed by atoms with Crippen molar-refractivity contribution < 1.29 is 19.1 Å². The van der Waals surface area contributed by atoms with Gasteiger partial charge in [0.05, 0.1) is 12.8 Å². The number of rotatable bonds is 4. The molecule has 1 aromatic rings. The Morgan fingerprint density at radius 2 is 1.92 bits per heavy atom. The van der Waals surface area contributed by atoms with Gasteiger partial charge in [-0.2, -0.15) is 0 Å². The van der Waals surface area contributed by atoms with Gasteiger partial charge in [0.15, 0.2) is 0 Å². The van der Waals surface area contributed by atoms with E-state index in [1.54, 1.807) is 52.1 Å². The molecule has 0 saturated heterocycles. The standard InChI is InChI=1S/C16H20N4O4/c1-16(2,3)24-15(22)20(4)13-9-7-6-8-11(13)10-12(18-19-17)14(21)23-5/h6-10H,1-5H3/b12-10-. The molecular weight excluding hydrogens is 312 g/mol. The predicted octanol–water partition coefficient (Wildman–Crippen LogP) is 3.88. The molecule has 0 radical (unpaired) electrons. The first-order valence-corrected chi connectivity index (χ1v) is 7.10. The number of ether oxygens (including phenoxy) is 2. The summed E-state index contributed by atoms with van der Waals surface area (Å²) in [4.78, 5) is 27.8. The smallest absolute Gasteiger partial charge is 0.414 e. The third-order valence-corrected chi connectivity index (χ3v) is 2.80. The lowest BCUT2D eigenvalue weighted by atomic mass is 10.1. The number of para-hydroxylation sites is 1. The Kier molecular flexibility index (Phi) is 6.38.